The molecule has 1 aliphatic rings. The number of fused-ring (bicyclic) bond motifs is 1. The molecule has 19 heavy (non-hydrogen) atoms. The van der Waals surface area contributed by atoms with E-state index in [2.05, 4.69) is 40.9 Å². The molecule has 0 N–H and O–H groups in total. The van der Waals surface area contributed by atoms with E-state index in [4.69, 9.17) is 5.26 Å². The molecule has 98 valence electrons. The summed E-state index contributed by atoms with van der Waals surface area (Å²) in [6, 6.07) is 11.0. The fraction of sp³-hybridized carbons (Fsp3) is 0.438. The van der Waals surface area contributed by atoms with E-state index in [0.717, 1.165) is 18.2 Å². The summed E-state index contributed by atoms with van der Waals surface area (Å²) in [5, 5.41) is 10.1. The molecule has 2 aromatic rings. The van der Waals surface area contributed by atoms with Gasteiger partial charge in [0.25, 0.3) is 0 Å². The van der Waals surface area contributed by atoms with Crippen LogP contribution in [-0.2, 0) is 6.54 Å². The van der Waals surface area contributed by atoms with Crippen molar-refractivity contribution in [1.82, 2.24) is 9.47 Å². The summed E-state index contributed by atoms with van der Waals surface area (Å²) in [5.41, 5.74) is 1.97. The summed E-state index contributed by atoms with van der Waals surface area (Å²) < 4.78 is 2.31. The first-order chi connectivity index (χ1) is 9.28. The molecule has 1 atom stereocenters. The predicted molar refractivity (Wildman–Crippen MR) is 76.9 cm³/mol. The van der Waals surface area contributed by atoms with Gasteiger partial charge in [0, 0.05) is 29.7 Å². The number of benzene rings is 1. The van der Waals surface area contributed by atoms with Gasteiger partial charge in [-0.3, -0.25) is 0 Å². The molecule has 2 heterocycles. The first-order valence-corrected chi connectivity index (χ1v) is 6.97. The van der Waals surface area contributed by atoms with Crippen molar-refractivity contribution in [3.05, 3.63) is 36.0 Å². The summed E-state index contributed by atoms with van der Waals surface area (Å²) in [4.78, 5) is 2.47. The summed E-state index contributed by atoms with van der Waals surface area (Å²) >= 11 is 0. The van der Waals surface area contributed by atoms with Gasteiger partial charge in [0.05, 0.1) is 11.6 Å². The Balaban J connectivity index is 1.76. The molecule has 1 aliphatic heterocycles. The molecule has 0 amide bonds. The van der Waals surface area contributed by atoms with Gasteiger partial charge in [0.1, 0.15) is 0 Å². The van der Waals surface area contributed by atoms with Gasteiger partial charge in [-0.1, -0.05) is 0 Å². The zero-order valence-electron chi connectivity index (χ0n) is 11.3. The maximum Gasteiger partial charge on any atom is 0.0991 e. The van der Waals surface area contributed by atoms with Gasteiger partial charge in [0.2, 0.25) is 0 Å². The van der Waals surface area contributed by atoms with E-state index in [0.29, 0.717) is 0 Å². The lowest BCUT2D eigenvalue weighted by molar-refractivity contribution is 0.287. The van der Waals surface area contributed by atoms with Gasteiger partial charge in [-0.2, -0.15) is 5.26 Å². The number of rotatable bonds is 3. The van der Waals surface area contributed by atoms with Crippen LogP contribution in [0.1, 0.15) is 24.8 Å². The van der Waals surface area contributed by atoms with E-state index < -0.39 is 0 Å². The number of aromatic nitrogens is 1. The molecule has 3 rings (SSSR count). The van der Waals surface area contributed by atoms with Crippen molar-refractivity contribution >= 4 is 10.9 Å². The molecule has 1 unspecified atom stereocenters. The smallest absolute Gasteiger partial charge is 0.0991 e. The SMILES string of the molecule is CN1CCCC1CCn1ccc2cc(C#N)ccc21. The first-order valence-electron chi connectivity index (χ1n) is 6.97. The number of aryl methyl sites for hydroxylation is 1. The van der Waals surface area contributed by atoms with Gasteiger partial charge in [-0.25, -0.2) is 0 Å². The number of nitrogens with zero attached hydrogens (tertiary/aromatic N) is 3. The molecule has 3 nitrogen and oxygen atoms in total. The van der Waals surface area contributed by atoms with Crippen molar-refractivity contribution < 1.29 is 0 Å². The molecule has 1 aromatic heterocycles. The number of likely N-dealkylation sites (tertiary alicyclic amines) is 1. The molecule has 1 aromatic carbocycles. The maximum atomic E-state index is 8.92. The Morgan fingerprint density at radius 1 is 1.37 bits per heavy atom. The molecule has 0 saturated carbocycles. The first kappa shape index (κ1) is 12.3. The number of nitriles is 1. The third kappa shape index (κ3) is 2.36. The van der Waals surface area contributed by atoms with Crippen molar-refractivity contribution in [2.45, 2.75) is 31.8 Å². The Kier molecular flexibility index (Phi) is 3.27. The van der Waals surface area contributed by atoms with Crippen LogP contribution in [-0.4, -0.2) is 29.1 Å². The van der Waals surface area contributed by atoms with Gasteiger partial charge >= 0.3 is 0 Å². The van der Waals surface area contributed by atoms with Crippen LogP contribution in [0.3, 0.4) is 0 Å². The Hall–Kier alpha value is -1.79. The average Bonchev–Trinajstić information content (AvgIpc) is 3.02. The van der Waals surface area contributed by atoms with Crippen molar-refractivity contribution in [3.8, 4) is 6.07 Å². The number of hydrogen-bond donors (Lipinski definition) is 0. The Morgan fingerprint density at radius 2 is 2.26 bits per heavy atom. The largest absolute Gasteiger partial charge is 0.347 e. The van der Waals surface area contributed by atoms with Gasteiger partial charge in [-0.15, -0.1) is 0 Å². The number of hydrogen-bond acceptors (Lipinski definition) is 2. The van der Waals surface area contributed by atoms with Crippen LogP contribution in [0.2, 0.25) is 0 Å². The van der Waals surface area contributed by atoms with Crippen LogP contribution in [0.5, 0.6) is 0 Å². The van der Waals surface area contributed by atoms with E-state index in [1.54, 1.807) is 0 Å². The molecular weight excluding hydrogens is 234 g/mol. The third-order valence-corrected chi connectivity index (χ3v) is 4.27. The van der Waals surface area contributed by atoms with Crippen molar-refractivity contribution in [2.75, 3.05) is 13.6 Å². The zero-order valence-corrected chi connectivity index (χ0v) is 11.3. The minimum atomic E-state index is 0.732. The second kappa shape index (κ2) is 5.07. The quantitative estimate of drug-likeness (QED) is 0.842. The zero-order chi connectivity index (χ0) is 13.2. The van der Waals surface area contributed by atoms with Crippen molar-refractivity contribution in [1.29, 1.82) is 5.26 Å². The van der Waals surface area contributed by atoms with Crippen LogP contribution in [0.25, 0.3) is 10.9 Å². The highest BCUT2D eigenvalue weighted by Crippen LogP contribution is 2.21. The lowest BCUT2D eigenvalue weighted by Gasteiger charge is -2.19. The van der Waals surface area contributed by atoms with E-state index in [1.165, 1.54) is 36.7 Å². The minimum absolute atomic E-state index is 0.732. The van der Waals surface area contributed by atoms with Crippen LogP contribution in [0.15, 0.2) is 30.5 Å². The van der Waals surface area contributed by atoms with E-state index in [9.17, 15) is 0 Å². The summed E-state index contributed by atoms with van der Waals surface area (Å²) in [7, 11) is 2.23. The Labute approximate surface area is 114 Å². The van der Waals surface area contributed by atoms with E-state index in [-0.39, 0.29) is 0 Å². The fourth-order valence-electron chi connectivity index (χ4n) is 3.10. The Bertz CT molecular complexity index is 620. The highest BCUT2D eigenvalue weighted by atomic mass is 15.1. The highest BCUT2D eigenvalue weighted by molar-refractivity contribution is 5.81. The van der Waals surface area contributed by atoms with Crippen LogP contribution in [0, 0.1) is 11.3 Å². The second-order valence-corrected chi connectivity index (χ2v) is 5.46. The average molecular weight is 253 g/mol. The lowest BCUT2D eigenvalue weighted by Crippen LogP contribution is -2.25. The molecule has 1 fully saturated rings. The van der Waals surface area contributed by atoms with Crippen molar-refractivity contribution in [2.24, 2.45) is 0 Å². The fourth-order valence-corrected chi connectivity index (χ4v) is 3.10. The third-order valence-electron chi connectivity index (χ3n) is 4.27. The highest BCUT2D eigenvalue weighted by Gasteiger charge is 2.20. The normalized spacial score (nSPS) is 19.9. The van der Waals surface area contributed by atoms with Crippen molar-refractivity contribution in [3.63, 3.8) is 0 Å². The van der Waals surface area contributed by atoms with Gasteiger partial charge in [0.15, 0.2) is 0 Å². The van der Waals surface area contributed by atoms with E-state index in [1.807, 2.05) is 12.1 Å². The van der Waals surface area contributed by atoms with Crippen LogP contribution < -0.4 is 0 Å². The summed E-state index contributed by atoms with van der Waals surface area (Å²) in [6.07, 6.45) is 6.01. The van der Waals surface area contributed by atoms with Crippen LogP contribution in [0.4, 0.5) is 0 Å². The molecule has 0 aliphatic carbocycles. The Morgan fingerprint density at radius 3 is 3.00 bits per heavy atom. The molecular formula is C16H19N3. The molecule has 0 radical (unpaired) electrons. The molecule has 0 spiro atoms. The summed E-state index contributed by atoms with van der Waals surface area (Å²) in [5.74, 6) is 0. The molecule has 0 bridgehead atoms. The predicted octanol–water partition coefficient (Wildman–Crippen LogP) is 3.00. The van der Waals surface area contributed by atoms with Crippen LogP contribution >= 0.6 is 0 Å². The topological polar surface area (TPSA) is 32.0 Å². The van der Waals surface area contributed by atoms with Gasteiger partial charge < -0.3 is 9.47 Å². The maximum absolute atomic E-state index is 8.92. The molecule has 3 heteroatoms. The second-order valence-electron chi connectivity index (χ2n) is 5.46. The summed E-state index contributed by atoms with van der Waals surface area (Å²) in [6.45, 7) is 2.30. The lowest BCUT2D eigenvalue weighted by atomic mass is 10.1. The van der Waals surface area contributed by atoms with Gasteiger partial charge in [-0.05, 0) is 57.1 Å². The minimum Gasteiger partial charge on any atom is -0.347 e. The van der Waals surface area contributed by atoms with E-state index >= 15 is 0 Å². The monoisotopic (exact) mass is 253 g/mol. The molecule has 1 saturated heterocycles. The standard InChI is InChI=1S/C16H19N3/c1-18-8-2-3-15(18)7-10-19-9-6-14-11-13(12-17)4-5-16(14)19/h4-6,9,11,15H,2-3,7-8,10H2,1H3.